The second-order valence-electron chi connectivity index (χ2n) is 13.0. The fourth-order valence-electron chi connectivity index (χ4n) is 5.42. The van der Waals surface area contributed by atoms with E-state index in [1.165, 1.54) is 0 Å². The normalized spacial score (nSPS) is 11.8. The molecule has 3 N–H and O–H groups in total. The predicted molar refractivity (Wildman–Crippen MR) is 200 cm³/mol. The molecule has 0 spiro atoms. The van der Waals surface area contributed by atoms with Crippen LogP contribution in [-0.2, 0) is 20.9 Å². The summed E-state index contributed by atoms with van der Waals surface area (Å²) in [5.74, 6) is 0.538. The molecule has 0 radical (unpaired) electrons. The smallest absolute Gasteiger partial charge is 0.410 e. The van der Waals surface area contributed by atoms with Crippen molar-refractivity contribution in [3.05, 3.63) is 84.4 Å². The number of aromatic nitrogens is 2. The molecular formula is C39H49N7O4. The SMILES string of the molecule is CCCN(Cc1ncc(-c2ccc3cc(-c4ccc(/C(=C/N=CCN(CCC)C(=O)OC(C)(C)C)NC)cc4)ccc3c2)[nH]1)C(=O)CNC=O. The summed E-state index contributed by atoms with van der Waals surface area (Å²) in [5.41, 5.74) is 5.39. The Labute approximate surface area is 294 Å². The van der Waals surface area contributed by atoms with Crippen LogP contribution < -0.4 is 10.6 Å². The van der Waals surface area contributed by atoms with Crippen LogP contribution in [0.5, 0.6) is 0 Å². The second kappa shape index (κ2) is 17.8. The molecule has 264 valence electrons. The molecule has 1 aromatic heterocycles. The van der Waals surface area contributed by atoms with Gasteiger partial charge in [-0.25, -0.2) is 9.78 Å². The third-order valence-corrected chi connectivity index (χ3v) is 7.86. The fraction of sp³-hybridized carbons (Fsp3) is 0.359. The quantitative estimate of drug-likeness (QED) is 0.0902. The topological polar surface area (TPSA) is 132 Å². The first kappa shape index (κ1) is 37.4. The predicted octanol–water partition coefficient (Wildman–Crippen LogP) is 6.62. The third-order valence-electron chi connectivity index (χ3n) is 7.86. The highest BCUT2D eigenvalue weighted by molar-refractivity contribution is 5.90. The van der Waals surface area contributed by atoms with Crippen molar-refractivity contribution in [3.63, 3.8) is 0 Å². The number of rotatable bonds is 16. The summed E-state index contributed by atoms with van der Waals surface area (Å²) in [5, 5.41) is 7.88. The van der Waals surface area contributed by atoms with Crippen LogP contribution in [0.1, 0.15) is 58.8 Å². The maximum Gasteiger partial charge on any atom is 0.410 e. The Hall–Kier alpha value is -5.45. The van der Waals surface area contributed by atoms with Crippen molar-refractivity contribution >= 4 is 41.1 Å². The lowest BCUT2D eigenvalue weighted by Gasteiger charge is -2.26. The van der Waals surface area contributed by atoms with E-state index >= 15 is 0 Å². The molecule has 0 aliphatic carbocycles. The summed E-state index contributed by atoms with van der Waals surface area (Å²) in [4.78, 5) is 51.3. The second-order valence-corrected chi connectivity index (χ2v) is 13.0. The summed E-state index contributed by atoms with van der Waals surface area (Å²) < 4.78 is 5.52. The number of imidazole rings is 1. The number of hydrogen-bond acceptors (Lipinski definition) is 7. The third kappa shape index (κ3) is 10.5. The van der Waals surface area contributed by atoms with Gasteiger partial charge in [0.1, 0.15) is 11.4 Å². The molecule has 1 heterocycles. The molecule has 4 aromatic rings. The molecule has 0 aliphatic rings. The standard InChI is InChI=1S/C39H49N7O4/c1-7-18-45(38(49)50-39(3,4)5)20-17-41-23-34(40-6)29-11-9-28(10-12-29)30-13-14-32-22-33(16-15-31(32)21-30)35-24-43-36(44-35)26-46(19-8-2)37(48)25-42-27-47/h9-17,21-24,27,40H,7-8,18-20,25-26H2,1-6H3,(H,42,47)(H,43,44)/b34-23-,41-17?. The summed E-state index contributed by atoms with van der Waals surface area (Å²) in [6.07, 6.45) is 7.09. The molecule has 11 heteroatoms. The zero-order valence-electron chi connectivity index (χ0n) is 30.0. The Balaban J connectivity index is 1.43. The van der Waals surface area contributed by atoms with Crippen LogP contribution in [0.15, 0.2) is 78.1 Å². The van der Waals surface area contributed by atoms with Crippen molar-refractivity contribution in [1.82, 2.24) is 30.4 Å². The van der Waals surface area contributed by atoms with Gasteiger partial charge in [-0.1, -0.05) is 62.4 Å². The van der Waals surface area contributed by atoms with Gasteiger partial charge in [-0.05, 0) is 73.2 Å². The number of H-pyrrole nitrogens is 1. The van der Waals surface area contributed by atoms with Crippen LogP contribution >= 0.6 is 0 Å². The van der Waals surface area contributed by atoms with E-state index in [2.05, 4.69) is 86.3 Å². The van der Waals surface area contributed by atoms with Gasteiger partial charge in [-0.2, -0.15) is 0 Å². The van der Waals surface area contributed by atoms with E-state index in [4.69, 9.17) is 4.74 Å². The maximum absolute atomic E-state index is 12.5. The van der Waals surface area contributed by atoms with Crippen LogP contribution in [0.25, 0.3) is 38.9 Å². The van der Waals surface area contributed by atoms with Gasteiger partial charge < -0.3 is 30.2 Å². The largest absolute Gasteiger partial charge is 0.444 e. The first-order valence-corrected chi connectivity index (χ1v) is 17.1. The van der Waals surface area contributed by atoms with Gasteiger partial charge in [0, 0.05) is 31.9 Å². The van der Waals surface area contributed by atoms with E-state index in [-0.39, 0.29) is 18.5 Å². The molecule has 0 bridgehead atoms. The van der Waals surface area contributed by atoms with E-state index in [0.717, 1.165) is 57.3 Å². The van der Waals surface area contributed by atoms with Crippen LogP contribution in [-0.4, -0.2) is 83.2 Å². The summed E-state index contributed by atoms with van der Waals surface area (Å²) >= 11 is 0. The van der Waals surface area contributed by atoms with Crippen molar-refractivity contribution in [3.8, 4) is 22.4 Å². The van der Waals surface area contributed by atoms with Crippen LogP contribution in [0.2, 0.25) is 0 Å². The molecule has 0 fully saturated rings. The van der Waals surface area contributed by atoms with E-state index in [1.807, 2.05) is 41.7 Å². The van der Waals surface area contributed by atoms with Crippen molar-refractivity contribution in [2.45, 2.75) is 59.6 Å². The number of hydrogen-bond donors (Lipinski definition) is 3. The summed E-state index contributed by atoms with van der Waals surface area (Å²) in [7, 11) is 1.86. The highest BCUT2D eigenvalue weighted by Gasteiger charge is 2.21. The first-order chi connectivity index (χ1) is 24.0. The monoisotopic (exact) mass is 679 g/mol. The van der Waals surface area contributed by atoms with Gasteiger partial charge in [0.2, 0.25) is 12.3 Å². The van der Waals surface area contributed by atoms with E-state index < -0.39 is 5.60 Å². The molecule has 3 amide bonds. The minimum atomic E-state index is -0.547. The lowest BCUT2D eigenvalue weighted by Crippen LogP contribution is -2.38. The van der Waals surface area contributed by atoms with Gasteiger partial charge >= 0.3 is 6.09 Å². The number of nitrogens with zero attached hydrogens (tertiary/aromatic N) is 4. The Morgan fingerprint density at radius 3 is 2.20 bits per heavy atom. The lowest BCUT2D eigenvalue weighted by molar-refractivity contribution is -0.132. The molecule has 0 saturated heterocycles. The Morgan fingerprint density at radius 1 is 0.920 bits per heavy atom. The summed E-state index contributed by atoms with van der Waals surface area (Å²) in [6, 6.07) is 21.0. The van der Waals surface area contributed by atoms with Gasteiger partial charge in [0.15, 0.2) is 0 Å². The van der Waals surface area contributed by atoms with Crippen molar-refractivity contribution in [2.75, 3.05) is 33.2 Å². The number of ether oxygens (including phenoxy) is 1. The number of fused-ring (bicyclic) bond motifs is 1. The van der Waals surface area contributed by atoms with Gasteiger partial charge in [-0.3, -0.25) is 14.6 Å². The van der Waals surface area contributed by atoms with Gasteiger partial charge in [0.25, 0.3) is 0 Å². The molecule has 0 saturated carbocycles. The lowest BCUT2D eigenvalue weighted by atomic mass is 9.98. The number of benzene rings is 3. The van der Waals surface area contributed by atoms with E-state index in [9.17, 15) is 14.4 Å². The Kier molecular flexibility index (Phi) is 13.3. The average Bonchev–Trinajstić information content (AvgIpc) is 3.57. The Morgan fingerprint density at radius 2 is 1.56 bits per heavy atom. The molecular weight excluding hydrogens is 630 g/mol. The van der Waals surface area contributed by atoms with Gasteiger partial charge in [-0.15, -0.1) is 0 Å². The van der Waals surface area contributed by atoms with E-state index in [1.54, 1.807) is 28.4 Å². The highest BCUT2D eigenvalue weighted by Crippen LogP contribution is 2.29. The molecule has 4 rings (SSSR count). The molecule has 0 atom stereocenters. The molecule has 50 heavy (non-hydrogen) atoms. The van der Waals surface area contributed by atoms with Crippen LogP contribution in [0, 0.1) is 0 Å². The van der Waals surface area contributed by atoms with Crippen molar-refractivity contribution in [1.29, 1.82) is 0 Å². The zero-order chi connectivity index (χ0) is 36.1. The van der Waals surface area contributed by atoms with E-state index in [0.29, 0.717) is 38.4 Å². The fourth-order valence-corrected chi connectivity index (χ4v) is 5.42. The number of carbonyl (C=O) groups is 3. The van der Waals surface area contributed by atoms with Crippen LogP contribution in [0.3, 0.4) is 0 Å². The number of aromatic amines is 1. The zero-order valence-corrected chi connectivity index (χ0v) is 30.0. The highest BCUT2D eigenvalue weighted by atomic mass is 16.6. The number of nitrogens with one attached hydrogen (secondary N) is 3. The number of aliphatic imine (C=N–C) groups is 1. The first-order valence-electron chi connectivity index (χ1n) is 17.1. The maximum atomic E-state index is 12.5. The van der Waals surface area contributed by atoms with Gasteiger partial charge in [0.05, 0.1) is 43.4 Å². The molecule has 11 nitrogen and oxygen atoms in total. The number of amides is 3. The minimum Gasteiger partial charge on any atom is -0.444 e. The average molecular weight is 680 g/mol. The Bertz CT molecular complexity index is 1810. The number of carbonyl (C=O) groups excluding carboxylic acids is 3. The molecule has 0 aliphatic heterocycles. The van der Waals surface area contributed by atoms with Crippen molar-refractivity contribution < 1.29 is 19.1 Å². The van der Waals surface area contributed by atoms with Crippen LogP contribution in [0.4, 0.5) is 4.79 Å². The molecule has 3 aromatic carbocycles. The minimum absolute atomic E-state index is 0.0325. The molecule has 0 unspecified atom stereocenters. The van der Waals surface area contributed by atoms with Crippen molar-refractivity contribution in [2.24, 2.45) is 4.99 Å². The summed E-state index contributed by atoms with van der Waals surface area (Å²) in [6.45, 7) is 11.5.